The summed E-state index contributed by atoms with van der Waals surface area (Å²) < 4.78 is 2.00. The van der Waals surface area contributed by atoms with Crippen LogP contribution in [0.3, 0.4) is 0 Å². The minimum atomic E-state index is 0.744. The molecular weight excluding hydrogens is 320 g/mol. The first-order valence-electron chi connectivity index (χ1n) is 8.65. The van der Waals surface area contributed by atoms with Crippen LogP contribution in [-0.4, -0.2) is 9.38 Å². The molecule has 0 aliphatic carbocycles. The minimum Gasteiger partial charge on any atom is -0.282 e. The Hall–Kier alpha value is -3.27. The van der Waals surface area contributed by atoms with Gasteiger partial charge in [-0.15, -0.1) is 10.2 Å². The van der Waals surface area contributed by atoms with Crippen molar-refractivity contribution in [2.45, 2.75) is 20.8 Å². The molecule has 26 heavy (non-hydrogen) atoms. The van der Waals surface area contributed by atoms with Gasteiger partial charge in [0, 0.05) is 11.8 Å². The van der Waals surface area contributed by atoms with Crippen molar-refractivity contribution in [1.82, 2.24) is 9.38 Å². The summed E-state index contributed by atoms with van der Waals surface area (Å²) >= 11 is 0. The van der Waals surface area contributed by atoms with Crippen LogP contribution in [0.25, 0.3) is 16.9 Å². The number of benzene rings is 2. The average molecular weight is 340 g/mol. The van der Waals surface area contributed by atoms with E-state index in [9.17, 15) is 0 Å². The van der Waals surface area contributed by atoms with Gasteiger partial charge in [0.15, 0.2) is 5.82 Å². The molecule has 0 unspecified atom stereocenters. The lowest BCUT2D eigenvalue weighted by atomic mass is 10.1. The van der Waals surface area contributed by atoms with Gasteiger partial charge in [0.1, 0.15) is 11.3 Å². The van der Waals surface area contributed by atoms with E-state index in [1.54, 1.807) is 0 Å². The Morgan fingerprint density at radius 2 is 1.62 bits per heavy atom. The molecule has 2 aromatic heterocycles. The van der Waals surface area contributed by atoms with E-state index in [-0.39, 0.29) is 0 Å². The molecule has 2 aromatic carbocycles. The van der Waals surface area contributed by atoms with Crippen molar-refractivity contribution in [3.8, 4) is 11.3 Å². The molecule has 0 spiro atoms. The Kier molecular flexibility index (Phi) is 4.09. The number of nitrogens with zero attached hydrogens (tertiary/aromatic N) is 4. The molecule has 0 saturated heterocycles. The number of fused-ring (bicyclic) bond motifs is 1. The maximum atomic E-state index is 4.85. The number of aromatic nitrogens is 2. The lowest BCUT2D eigenvalue weighted by Crippen LogP contribution is -1.85. The first-order chi connectivity index (χ1) is 12.6. The third kappa shape index (κ3) is 3.02. The number of imidazole rings is 1. The summed E-state index contributed by atoms with van der Waals surface area (Å²) in [6.45, 7) is 6.19. The van der Waals surface area contributed by atoms with E-state index < -0.39 is 0 Å². The third-order valence-corrected chi connectivity index (χ3v) is 4.41. The highest BCUT2D eigenvalue weighted by Gasteiger charge is 2.15. The van der Waals surface area contributed by atoms with Gasteiger partial charge in [-0.25, -0.2) is 4.98 Å². The molecule has 0 aliphatic rings. The monoisotopic (exact) mass is 340 g/mol. The molecule has 0 aliphatic heterocycles. The number of pyridine rings is 1. The zero-order valence-corrected chi connectivity index (χ0v) is 15.1. The highest BCUT2D eigenvalue weighted by Crippen LogP contribution is 2.33. The standard InChI is InChI=1S/C22H20N4/c1-15-9-11-18(12-10-15)20-22(25-24-19-8-4-6-16(2)14-19)26-13-5-7-17(3)21(26)23-20/h4-14H,1-3H3. The van der Waals surface area contributed by atoms with Crippen molar-refractivity contribution >= 4 is 17.2 Å². The number of hydrogen-bond acceptors (Lipinski definition) is 3. The molecule has 0 saturated carbocycles. The van der Waals surface area contributed by atoms with Crippen LogP contribution < -0.4 is 0 Å². The number of rotatable bonds is 3. The average Bonchev–Trinajstić information content (AvgIpc) is 3.01. The van der Waals surface area contributed by atoms with Crippen molar-refractivity contribution in [2.75, 3.05) is 0 Å². The molecule has 0 radical (unpaired) electrons. The van der Waals surface area contributed by atoms with Gasteiger partial charge in [0.25, 0.3) is 0 Å². The molecule has 4 heteroatoms. The van der Waals surface area contributed by atoms with Crippen LogP contribution in [0.5, 0.6) is 0 Å². The predicted octanol–water partition coefficient (Wildman–Crippen LogP) is 6.34. The molecule has 4 nitrogen and oxygen atoms in total. The Morgan fingerprint density at radius 3 is 2.38 bits per heavy atom. The lowest BCUT2D eigenvalue weighted by Gasteiger charge is -2.01. The summed E-state index contributed by atoms with van der Waals surface area (Å²) in [7, 11) is 0. The van der Waals surface area contributed by atoms with Crippen molar-refractivity contribution in [3.05, 3.63) is 83.6 Å². The minimum absolute atomic E-state index is 0.744. The van der Waals surface area contributed by atoms with Crippen LogP contribution in [-0.2, 0) is 0 Å². The summed E-state index contributed by atoms with van der Waals surface area (Å²) in [5, 5.41) is 9.03. The topological polar surface area (TPSA) is 42.0 Å². The van der Waals surface area contributed by atoms with Gasteiger partial charge in [-0.1, -0.05) is 48.0 Å². The SMILES string of the molecule is Cc1ccc(-c2nc3c(C)cccn3c2N=Nc2cccc(C)c2)cc1. The van der Waals surface area contributed by atoms with Crippen LogP contribution in [0.4, 0.5) is 11.5 Å². The first-order valence-corrected chi connectivity index (χ1v) is 8.65. The normalized spacial score (nSPS) is 11.5. The second-order valence-electron chi connectivity index (χ2n) is 6.57. The van der Waals surface area contributed by atoms with E-state index in [1.165, 1.54) is 5.56 Å². The Labute approximate surface area is 152 Å². The summed E-state index contributed by atoms with van der Waals surface area (Å²) in [6.07, 6.45) is 1.98. The van der Waals surface area contributed by atoms with Gasteiger partial charge < -0.3 is 0 Å². The van der Waals surface area contributed by atoms with Crippen LogP contribution >= 0.6 is 0 Å². The second-order valence-corrected chi connectivity index (χ2v) is 6.57. The van der Waals surface area contributed by atoms with Gasteiger partial charge in [-0.05, 0) is 50.1 Å². The van der Waals surface area contributed by atoms with Crippen LogP contribution in [0, 0.1) is 20.8 Å². The Bertz CT molecular complexity index is 1100. The molecule has 4 rings (SSSR count). The molecule has 0 fully saturated rings. The summed E-state index contributed by atoms with van der Waals surface area (Å²) in [5.74, 6) is 0.744. The maximum absolute atomic E-state index is 4.85. The molecule has 0 bridgehead atoms. The van der Waals surface area contributed by atoms with Crippen LogP contribution in [0.15, 0.2) is 77.1 Å². The Morgan fingerprint density at radius 1 is 0.808 bits per heavy atom. The summed E-state index contributed by atoms with van der Waals surface area (Å²) in [4.78, 5) is 4.85. The fourth-order valence-corrected chi connectivity index (χ4v) is 2.99. The fraction of sp³-hybridized carbons (Fsp3) is 0.136. The fourth-order valence-electron chi connectivity index (χ4n) is 2.99. The van der Waals surface area contributed by atoms with Gasteiger partial charge in [0.05, 0.1) is 5.69 Å². The van der Waals surface area contributed by atoms with Gasteiger partial charge in [-0.2, -0.15) is 0 Å². The van der Waals surface area contributed by atoms with Crippen molar-refractivity contribution in [2.24, 2.45) is 10.2 Å². The second kappa shape index (κ2) is 6.56. The predicted molar refractivity (Wildman–Crippen MR) is 105 cm³/mol. The molecule has 0 amide bonds. The first kappa shape index (κ1) is 16.2. The van der Waals surface area contributed by atoms with E-state index in [1.807, 2.05) is 47.9 Å². The van der Waals surface area contributed by atoms with Crippen molar-refractivity contribution in [1.29, 1.82) is 0 Å². The van der Waals surface area contributed by atoms with Crippen molar-refractivity contribution < 1.29 is 0 Å². The molecule has 0 N–H and O–H groups in total. The van der Waals surface area contributed by atoms with Crippen LogP contribution in [0.1, 0.15) is 16.7 Å². The van der Waals surface area contributed by atoms with E-state index in [0.717, 1.165) is 39.5 Å². The smallest absolute Gasteiger partial charge is 0.187 e. The van der Waals surface area contributed by atoms with Gasteiger partial charge in [-0.3, -0.25) is 4.40 Å². The van der Waals surface area contributed by atoms with Crippen LogP contribution in [0.2, 0.25) is 0 Å². The molecule has 2 heterocycles. The summed E-state index contributed by atoms with van der Waals surface area (Å²) in [6, 6.07) is 20.4. The van der Waals surface area contributed by atoms with E-state index in [4.69, 9.17) is 4.98 Å². The molecule has 0 atom stereocenters. The lowest BCUT2D eigenvalue weighted by molar-refractivity contribution is 1.10. The van der Waals surface area contributed by atoms with Gasteiger partial charge >= 0.3 is 0 Å². The number of aryl methyl sites for hydroxylation is 3. The van der Waals surface area contributed by atoms with Crippen molar-refractivity contribution in [3.63, 3.8) is 0 Å². The highest BCUT2D eigenvalue weighted by atomic mass is 15.2. The highest BCUT2D eigenvalue weighted by molar-refractivity contribution is 5.75. The van der Waals surface area contributed by atoms with E-state index in [2.05, 4.69) is 54.4 Å². The molecular formula is C22H20N4. The quantitative estimate of drug-likeness (QED) is 0.401. The van der Waals surface area contributed by atoms with E-state index in [0.29, 0.717) is 0 Å². The number of hydrogen-bond donors (Lipinski definition) is 0. The van der Waals surface area contributed by atoms with Gasteiger partial charge in [0.2, 0.25) is 0 Å². The molecule has 128 valence electrons. The molecule has 4 aromatic rings. The third-order valence-electron chi connectivity index (χ3n) is 4.41. The zero-order valence-electron chi connectivity index (χ0n) is 15.1. The Balaban J connectivity index is 1.90. The summed E-state index contributed by atoms with van der Waals surface area (Å²) in [5.41, 5.74) is 7.11. The maximum Gasteiger partial charge on any atom is 0.187 e. The largest absolute Gasteiger partial charge is 0.282 e. The zero-order chi connectivity index (χ0) is 18.1. The van der Waals surface area contributed by atoms with E-state index >= 15 is 0 Å². The number of azo groups is 1.